The summed E-state index contributed by atoms with van der Waals surface area (Å²) >= 11 is 0. The predicted octanol–water partition coefficient (Wildman–Crippen LogP) is 2.40. The van der Waals surface area contributed by atoms with E-state index in [9.17, 15) is 18.0 Å². The molecular weight excluding hydrogens is 259 g/mol. The lowest BCUT2D eigenvalue weighted by Crippen LogP contribution is -2.36. The molecule has 0 unspecified atom stereocenters. The van der Waals surface area contributed by atoms with E-state index in [0.717, 1.165) is 31.6 Å². The molecule has 2 rings (SSSR count). The van der Waals surface area contributed by atoms with Crippen LogP contribution in [0.2, 0.25) is 0 Å². The van der Waals surface area contributed by atoms with Gasteiger partial charge in [0.2, 0.25) is 0 Å². The van der Waals surface area contributed by atoms with E-state index in [1.165, 1.54) is 6.07 Å². The normalized spacial score (nSPS) is 15.9. The summed E-state index contributed by atoms with van der Waals surface area (Å²) in [7, 11) is 0. The molecule has 0 saturated carbocycles. The van der Waals surface area contributed by atoms with Gasteiger partial charge in [0, 0.05) is 12.2 Å². The smallest absolute Gasteiger partial charge is 0.351 e. The van der Waals surface area contributed by atoms with Gasteiger partial charge in [-0.05, 0) is 43.3 Å². The number of hydrogen-bond donors (Lipinski definition) is 2. The van der Waals surface area contributed by atoms with E-state index in [1.807, 2.05) is 4.90 Å². The van der Waals surface area contributed by atoms with Crippen LogP contribution in [-0.2, 0) is 12.7 Å². The number of anilines is 1. The number of nitrogens with one attached hydrogen (secondary N) is 1. The van der Waals surface area contributed by atoms with E-state index in [-0.39, 0.29) is 5.69 Å². The van der Waals surface area contributed by atoms with Gasteiger partial charge in [-0.1, -0.05) is 0 Å². The van der Waals surface area contributed by atoms with Crippen molar-refractivity contribution in [1.82, 2.24) is 4.90 Å². The Balaban J connectivity index is 2.27. The second kappa shape index (κ2) is 5.08. The number of rotatable bonds is 3. The minimum absolute atomic E-state index is 0.0675. The molecule has 1 aliphatic rings. The Labute approximate surface area is 108 Å². The minimum Gasteiger partial charge on any atom is -0.351 e. The molecule has 0 bridgehead atoms. The molecule has 0 spiro atoms. The Morgan fingerprint density at radius 1 is 1.32 bits per heavy atom. The molecule has 1 heterocycles. The molecular formula is C12H14F3N3O. The summed E-state index contributed by atoms with van der Waals surface area (Å²) in [6.07, 6.45) is -3.38. The van der Waals surface area contributed by atoms with Gasteiger partial charge in [-0.3, -0.25) is 4.90 Å². The topological polar surface area (TPSA) is 58.4 Å². The predicted molar refractivity (Wildman–Crippen MR) is 64.5 cm³/mol. The molecule has 1 aromatic rings. The van der Waals surface area contributed by atoms with Gasteiger partial charge in [0.05, 0.1) is 5.56 Å². The van der Waals surface area contributed by atoms with Crippen molar-refractivity contribution >= 4 is 11.7 Å². The van der Waals surface area contributed by atoms with Crippen molar-refractivity contribution in [3.8, 4) is 0 Å². The van der Waals surface area contributed by atoms with Crippen LogP contribution in [0.3, 0.4) is 0 Å². The van der Waals surface area contributed by atoms with Crippen molar-refractivity contribution in [2.75, 3.05) is 18.4 Å². The molecule has 7 heteroatoms. The van der Waals surface area contributed by atoms with Crippen molar-refractivity contribution in [2.45, 2.75) is 19.1 Å². The minimum atomic E-state index is -4.45. The number of carbonyl (C=O) groups is 1. The molecule has 0 aromatic heterocycles. The maximum absolute atomic E-state index is 12.8. The third-order valence-corrected chi connectivity index (χ3v) is 2.94. The van der Waals surface area contributed by atoms with Crippen LogP contribution in [0.25, 0.3) is 0 Å². The monoisotopic (exact) mass is 273 g/mol. The number of carbonyl (C=O) groups excluding carboxylic acids is 1. The second-order valence-corrected chi connectivity index (χ2v) is 4.54. The maximum Gasteiger partial charge on any atom is 0.416 e. The van der Waals surface area contributed by atoms with Gasteiger partial charge in [0.15, 0.2) is 0 Å². The molecule has 3 N–H and O–H groups in total. The quantitative estimate of drug-likeness (QED) is 0.888. The highest BCUT2D eigenvalue weighted by Crippen LogP contribution is 2.32. The summed E-state index contributed by atoms with van der Waals surface area (Å²) in [6, 6.07) is 2.61. The number of alkyl halides is 3. The first-order valence-electron chi connectivity index (χ1n) is 5.84. The van der Waals surface area contributed by atoms with E-state index in [2.05, 4.69) is 5.32 Å². The Kier molecular flexibility index (Phi) is 3.66. The zero-order valence-electron chi connectivity index (χ0n) is 10.1. The summed E-state index contributed by atoms with van der Waals surface area (Å²) in [5.41, 5.74) is 4.73. The first-order valence-corrected chi connectivity index (χ1v) is 5.84. The van der Waals surface area contributed by atoms with Crippen molar-refractivity contribution in [2.24, 2.45) is 5.73 Å². The summed E-state index contributed by atoms with van der Waals surface area (Å²) in [5.74, 6) is 0. The van der Waals surface area contributed by atoms with Crippen LogP contribution in [0.15, 0.2) is 18.2 Å². The number of nitrogens with two attached hydrogens (primary N) is 1. The van der Waals surface area contributed by atoms with Crippen molar-refractivity contribution in [3.05, 3.63) is 29.3 Å². The van der Waals surface area contributed by atoms with Crippen molar-refractivity contribution < 1.29 is 18.0 Å². The number of halogens is 3. The number of hydrogen-bond acceptors (Lipinski definition) is 2. The fourth-order valence-electron chi connectivity index (χ4n) is 1.96. The van der Waals surface area contributed by atoms with Crippen LogP contribution in [0.1, 0.15) is 17.5 Å². The highest BCUT2D eigenvalue weighted by atomic mass is 19.4. The number of amides is 2. The van der Waals surface area contributed by atoms with Gasteiger partial charge in [0.25, 0.3) is 0 Å². The fourth-order valence-corrected chi connectivity index (χ4v) is 1.96. The van der Waals surface area contributed by atoms with Gasteiger partial charge >= 0.3 is 12.2 Å². The number of likely N-dealkylation sites (tertiary alicyclic amines) is 1. The average Bonchev–Trinajstić information content (AvgIpc) is 2.21. The molecule has 104 valence electrons. The number of nitrogens with zero attached hydrogens (tertiary/aromatic N) is 1. The van der Waals surface area contributed by atoms with Crippen LogP contribution < -0.4 is 11.1 Å². The van der Waals surface area contributed by atoms with E-state index in [1.54, 1.807) is 0 Å². The van der Waals surface area contributed by atoms with E-state index >= 15 is 0 Å². The van der Waals surface area contributed by atoms with E-state index < -0.39 is 17.8 Å². The Morgan fingerprint density at radius 2 is 2.00 bits per heavy atom. The molecule has 0 aliphatic carbocycles. The molecule has 1 fully saturated rings. The summed E-state index contributed by atoms with van der Waals surface area (Å²) in [4.78, 5) is 12.8. The van der Waals surface area contributed by atoms with Crippen LogP contribution in [0.4, 0.5) is 23.7 Å². The first-order chi connectivity index (χ1) is 8.84. The first kappa shape index (κ1) is 13.7. The SMILES string of the molecule is NC(=O)Nc1cc(CN2CCC2)cc(C(F)(F)F)c1. The third-order valence-electron chi connectivity index (χ3n) is 2.94. The fraction of sp³-hybridized carbons (Fsp3) is 0.417. The Morgan fingerprint density at radius 3 is 2.47 bits per heavy atom. The number of benzene rings is 1. The third kappa shape index (κ3) is 3.60. The molecule has 1 aliphatic heterocycles. The van der Waals surface area contributed by atoms with E-state index in [0.29, 0.717) is 12.1 Å². The molecule has 0 radical (unpaired) electrons. The molecule has 1 saturated heterocycles. The van der Waals surface area contributed by atoms with Crippen molar-refractivity contribution in [1.29, 1.82) is 0 Å². The maximum atomic E-state index is 12.8. The van der Waals surface area contributed by atoms with Crippen molar-refractivity contribution in [3.63, 3.8) is 0 Å². The summed E-state index contributed by atoms with van der Waals surface area (Å²) in [6.45, 7) is 2.21. The van der Waals surface area contributed by atoms with Gasteiger partial charge in [-0.15, -0.1) is 0 Å². The molecule has 19 heavy (non-hydrogen) atoms. The number of urea groups is 1. The molecule has 1 aromatic carbocycles. The largest absolute Gasteiger partial charge is 0.416 e. The zero-order valence-corrected chi connectivity index (χ0v) is 10.1. The van der Waals surface area contributed by atoms with Gasteiger partial charge < -0.3 is 11.1 Å². The highest BCUT2D eigenvalue weighted by molar-refractivity contribution is 5.88. The average molecular weight is 273 g/mol. The lowest BCUT2D eigenvalue weighted by Gasteiger charge is -2.31. The number of primary amides is 1. The summed E-state index contributed by atoms with van der Waals surface area (Å²) in [5, 5.41) is 2.19. The van der Waals surface area contributed by atoms with Crippen LogP contribution in [-0.4, -0.2) is 24.0 Å². The second-order valence-electron chi connectivity index (χ2n) is 4.54. The lowest BCUT2D eigenvalue weighted by molar-refractivity contribution is -0.137. The van der Waals surface area contributed by atoms with Gasteiger partial charge in [0.1, 0.15) is 0 Å². The zero-order chi connectivity index (χ0) is 14.0. The van der Waals surface area contributed by atoms with Crippen LogP contribution in [0, 0.1) is 0 Å². The van der Waals surface area contributed by atoms with E-state index in [4.69, 9.17) is 5.73 Å². The summed E-state index contributed by atoms with van der Waals surface area (Å²) < 4.78 is 38.3. The lowest BCUT2D eigenvalue weighted by atomic mass is 10.1. The molecule has 4 nitrogen and oxygen atoms in total. The Hall–Kier alpha value is -1.76. The van der Waals surface area contributed by atoms with Gasteiger partial charge in [-0.2, -0.15) is 13.2 Å². The molecule has 2 amide bonds. The Bertz CT molecular complexity index is 484. The van der Waals surface area contributed by atoms with Crippen LogP contribution >= 0.6 is 0 Å². The van der Waals surface area contributed by atoms with Gasteiger partial charge in [-0.25, -0.2) is 4.79 Å². The van der Waals surface area contributed by atoms with Crippen LogP contribution in [0.5, 0.6) is 0 Å². The highest BCUT2D eigenvalue weighted by Gasteiger charge is 2.31. The standard InChI is InChI=1S/C12H14F3N3O/c13-12(14,15)9-4-8(7-18-2-1-3-18)5-10(6-9)17-11(16)19/h4-6H,1-3,7H2,(H3,16,17,19). The molecule has 0 atom stereocenters.